The lowest BCUT2D eigenvalue weighted by molar-refractivity contribution is -0.142. The summed E-state index contributed by atoms with van der Waals surface area (Å²) in [4.78, 5) is 57.3. The minimum absolute atomic E-state index is 0.0316. The molecule has 1 saturated heterocycles. The number of morpholine rings is 1. The lowest BCUT2D eigenvalue weighted by atomic mass is 9.86. The van der Waals surface area contributed by atoms with Crippen molar-refractivity contribution in [1.82, 2.24) is 24.8 Å². The summed E-state index contributed by atoms with van der Waals surface area (Å²) in [6, 6.07) is 8.13. The van der Waals surface area contributed by atoms with Gasteiger partial charge < -0.3 is 34.9 Å². The number of methoxy groups -OCH3 is 2. The molecule has 3 N–H and O–H groups in total. The fraction of sp³-hybridized carbons (Fsp3) is 0.364. The highest BCUT2D eigenvalue weighted by molar-refractivity contribution is 7.19. The largest absolute Gasteiger partial charge is 0.495 e. The van der Waals surface area contributed by atoms with Crippen LogP contribution in [0.25, 0.3) is 20.4 Å². The molecular formula is C44H43N9O6S2. The number of aromatic nitrogens is 4. The normalized spacial score (nSPS) is 18.5. The number of carbonyl (C=O) groups is 2. The second-order valence-corrected chi connectivity index (χ2v) is 17.8. The molecule has 0 saturated carbocycles. The highest BCUT2D eigenvalue weighted by Crippen LogP contribution is 2.44. The van der Waals surface area contributed by atoms with E-state index in [0.717, 1.165) is 108 Å². The smallest absolute Gasteiger partial charge is 0.306 e. The van der Waals surface area contributed by atoms with E-state index in [4.69, 9.17) is 14.2 Å². The maximum absolute atomic E-state index is 13.1. The number of carboxylic acid groups (broad SMARTS) is 1. The molecule has 0 spiro atoms. The van der Waals surface area contributed by atoms with Crippen molar-refractivity contribution in [3.05, 3.63) is 80.1 Å². The molecule has 4 aromatic heterocycles. The lowest BCUT2D eigenvalue weighted by Crippen LogP contribution is -2.44. The van der Waals surface area contributed by atoms with E-state index in [0.29, 0.717) is 52.2 Å². The van der Waals surface area contributed by atoms with Crippen molar-refractivity contribution in [2.24, 2.45) is 21.8 Å². The van der Waals surface area contributed by atoms with Crippen LogP contribution >= 0.6 is 22.7 Å². The van der Waals surface area contributed by atoms with Gasteiger partial charge in [0.15, 0.2) is 0 Å². The number of aliphatic carboxylic acids is 1. The molecule has 2 aromatic carbocycles. The van der Waals surface area contributed by atoms with Crippen LogP contribution in [0.5, 0.6) is 11.5 Å². The van der Waals surface area contributed by atoms with Crippen LogP contribution < -0.4 is 20.1 Å². The molecule has 6 aromatic rings. The average molecular weight is 858 g/mol. The van der Waals surface area contributed by atoms with Gasteiger partial charge in [-0.05, 0) is 96.2 Å². The Morgan fingerprint density at radius 1 is 0.738 bits per heavy atom. The quantitative estimate of drug-likeness (QED) is 0.144. The van der Waals surface area contributed by atoms with Gasteiger partial charge >= 0.3 is 5.97 Å². The number of anilines is 4. The first-order valence-electron chi connectivity index (χ1n) is 20.4. The van der Waals surface area contributed by atoms with E-state index in [-0.39, 0.29) is 17.7 Å². The molecule has 5 aliphatic rings. The molecule has 61 heavy (non-hydrogen) atoms. The zero-order valence-electron chi connectivity index (χ0n) is 33.7. The molecule has 312 valence electrons. The van der Waals surface area contributed by atoms with Crippen LogP contribution in [0.15, 0.2) is 46.9 Å². The van der Waals surface area contributed by atoms with Crippen molar-refractivity contribution in [2.45, 2.75) is 51.6 Å². The summed E-state index contributed by atoms with van der Waals surface area (Å²) in [6.45, 7) is 4.02. The molecule has 17 heteroatoms. The maximum atomic E-state index is 13.1. The molecule has 1 fully saturated rings. The van der Waals surface area contributed by atoms with Crippen LogP contribution in [-0.4, -0.2) is 94.8 Å². The predicted molar refractivity (Wildman–Crippen MR) is 236 cm³/mol. The third-order valence-corrected chi connectivity index (χ3v) is 14.4. The molecule has 2 atom stereocenters. The topological polar surface area (TPSA) is 186 Å². The number of aryl methyl sites for hydroxylation is 2. The van der Waals surface area contributed by atoms with Gasteiger partial charge in [0.1, 0.15) is 45.5 Å². The number of benzene rings is 2. The van der Waals surface area contributed by atoms with Crippen molar-refractivity contribution in [1.29, 1.82) is 0 Å². The lowest BCUT2D eigenvalue weighted by Gasteiger charge is -2.31. The van der Waals surface area contributed by atoms with Gasteiger partial charge in [-0.1, -0.05) is 0 Å². The number of nitrogens with zero attached hydrogens (tertiary/aromatic N) is 7. The van der Waals surface area contributed by atoms with Gasteiger partial charge in [-0.25, -0.2) is 19.9 Å². The SMILES string of the molecule is COc1cc2c(cc1Nc1ncnc3sc4c(c13)CC[C@@H](C(=O)N1CCOCC1)C4)C=NC2.COc1cc2c(cc1Nc1ncnc3sc4c(c13)CC[C@@H](C(=O)O)C4)C=NC2. The number of thiophene rings is 2. The molecule has 0 radical (unpaired) electrons. The Hall–Kier alpha value is -6.04. The predicted octanol–water partition coefficient (Wildman–Crippen LogP) is 6.91. The highest BCUT2D eigenvalue weighted by Gasteiger charge is 2.33. The molecule has 3 aliphatic heterocycles. The van der Waals surface area contributed by atoms with Crippen LogP contribution in [-0.2, 0) is 53.1 Å². The van der Waals surface area contributed by atoms with Gasteiger partial charge in [-0.15, -0.1) is 22.7 Å². The van der Waals surface area contributed by atoms with E-state index in [2.05, 4.69) is 46.6 Å². The molecule has 0 bridgehead atoms. The summed E-state index contributed by atoms with van der Waals surface area (Å²) in [5.74, 6) is 2.27. The van der Waals surface area contributed by atoms with Crippen LogP contribution in [0, 0.1) is 11.8 Å². The van der Waals surface area contributed by atoms with Gasteiger partial charge in [0.2, 0.25) is 5.91 Å². The van der Waals surface area contributed by atoms with Crippen LogP contribution in [0.2, 0.25) is 0 Å². The number of fused-ring (bicyclic) bond motifs is 8. The number of amides is 1. The maximum Gasteiger partial charge on any atom is 0.306 e. The number of carboxylic acids is 1. The number of hydrogen-bond donors (Lipinski definition) is 3. The van der Waals surface area contributed by atoms with Crippen molar-refractivity contribution in [2.75, 3.05) is 51.2 Å². The summed E-state index contributed by atoms with van der Waals surface area (Å²) in [6.07, 6.45) is 11.3. The zero-order chi connectivity index (χ0) is 41.6. The fourth-order valence-corrected chi connectivity index (χ4v) is 11.5. The number of hydrogen-bond acceptors (Lipinski definition) is 15. The van der Waals surface area contributed by atoms with E-state index >= 15 is 0 Å². The second kappa shape index (κ2) is 16.4. The van der Waals surface area contributed by atoms with Gasteiger partial charge in [0.25, 0.3) is 0 Å². The summed E-state index contributed by atoms with van der Waals surface area (Å²) < 4.78 is 16.6. The summed E-state index contributed by atoms with van der Waals surface area (Å²) in [5.41, 5.74) is 8.60. The highest BCUT2D eigenvalue weighted by atomic mass is 32.1. The Kier molecular flexibility index (Phi) is 10.5. The number of aliphatic imine (C=N–C) groups is 2. The Balaban J connectivity index is 0.000000148. The van der Waals surface area contributed by atoms with Crippen molar-refractivity contribution in [3.63, 3.8) is 0 Å². The molecule has 11 rings (SSSR count). The van der Waals surface area contributed by atoms with Gasteiger partial charge in [-0.2, -0.15) is 0 Å². The average Bonchev–Trinajstić information content (AvgIpc) is 4.10. The van der Waals surface area contributed by atoms with Gasteiger partial charge in [0.05, 0.1) is 68.6 Å². The van der Waals surface area contributed by atoms with E-state index in [9.17, 15) is 14.7 Å². The summed E-state index contributed by atoms with van der Waals surface area (Å²) in [7, 11) is 3.33. The first kappa shape index (κ1) is 39.1. The Morgan fingerprint density at radius 3 is 1.75 bits per heavy atom. The Labute approximate surface area is 359 Å². The summed E-state index contributed by atoms with van der Waals surface area (Å²) in [5, 5.41) is 18.3. The van der Waals surface area contributed by atoms with E-state index in [1.807, 2.05) is 35.5 Å². The standard InChI is InChI=1S/C24H25N5O3S.C20H18N4O3S/c1-31-19-9-16-12-25-11-15(16)8-18(19)28-22-21-17-3-2-14(24(30)29-4-6-32-7-5-29)10-20(17)33-23(21)27-13-26-22;1-27-15-5-12-8-21-7-11(12)4-14(15)24-18-17-13-3-2-10(20(25)26)6-16(13)28-19(17)23-9-22-18/h8-9,11,13-14H,2-7,10,12H2,1H3,(H,26,27,28);4-5,7,9-10H,2-3,6,8H2,1H3,(H,25,26)(H,22,23,24)/t14-;10-/m11/s1. The molecule has 0 unspecified atom stereocenters. The fourth-order valence-electron chi connectivity index (χ4n) is 8.94. The molecule has 2 aliphatic carbocycles. The Bertz CT molecular complexity index is 2780. The zero-order valence-corrected chi connectivity index (χ0v) is 35.3. The Morgan fingerprint density at radius 2 is 1.25 bits per heavy atom. The number of ether oxygens (including phenoxy) is 3. The molecule has 1 amide bonds. The van der Waals surface area contributed by atoms with Crippen LogP contribution in [0.1, 0.15) is 56.0 Å². The van der Waals surface area contributed by atoms with E-state index < -0.39 is 5.97 Å². The van der Waals surface area contributed by atoms with E-state index in [1.54, 1.807) is 49.5 Å². The summed E-state index contributed by atoms with van der Waals surface area (Å²) >= 11 is 3.25. The minimum Gasteiger partial charge on any atom is -0.495 e. The van der Waals surface area contributed by atoms with Crippen LogP contribution in [0.4, 0.5) is 23.0 Å². The number of nitrogens with one attached hydrogen (secondary N) is 2. The second-order valence-electron chi connectivity index (χ2n) is 15.7. The number of rotatable bonds is 8. The van der Waals surface area contributed by atoms with Crippen molar-refractivity contribution >= 4 is 90.4 Å². The third-order valence-electron chi connectivity index (χ3n) is 12.1. The molecule has 7 heterocycles. The van der Waals surface area contributed by atoms with Crippen molar-refractivity contribution < 1.29 is 28.9 Å². The van der Waals surface area contributed by atoms with Gasteiger partial charge in [-0.3, -0.25) is 19.6 Å². The van der Waals surface area contributed by atoms with Crippen molar-refractivity contribution in [3.8, 4) is 11.5 Å². The molecule has 15 nitrogen and oxygen atoms in total. The van der Waals surface area contributed by atoms with Crippen LogP contribution in [0.3, 0.4) is 0 Å². The third kappa shape index (κ3) is 7.44. The van der Waals surface area contributed by atoms with Gasteiger partial charge in [0, 0.05) is 41.2 Å². The molecular weight excluding hydrogens is 815 g/mol. The minimum atomic E-state index is -0.725. The first-order valence-corrected chi connectivity index (χ1v) is 22.0. The first-order chi connectivity index (χ1) is 29.8. The van der Waals surface area contributed by atoms with E-state index in [1.165, 1.54) is 16.0 Å². The number of carbonyl (C=O) groups excluding carboxylic acids is 1. The monoisotopic (exact) mass is 857 g/mol.